The Kier molecular flexibility index (Phi) is 7.06. The number of benzene rings is 3. The minimum absolute atomic E-state index is 1.03. The van der Waals surface area contributed by atoms with Crippen molar-refractivity contribution in [1.29, 1.82) is 0 Å². The van der Waals surface area contributed by atoms with Crippen LogP contribution in [0.2, 0.25) is 0 Å². The van der Waals surface area contributed by atoms with Gasteiger partial charge in [-0.25, -0.2) is 9.29 Å². The molecule has 0 aliphatic heterocycles. The number of hydrogen-bond acceptors (Lipinski definition) is 5. The smallest absolute Gasteiger partial charge is 0.162 e. The molecule has 4 aromatic rings. The van der Waals surface area contributed by atoms with Crippen LogP contribution in [-0.2, 0) is 12.8 Å². The Labute approximate surface area is 178 Å². The van der Waals surface area contributed by atoms with Gasteiger partial charge in [0.15, 0.2) is 4.34 Å². The van der Waals surface area contributed by atoms with Crippen LogP contribution in [0, 0.1) is 0 Å². The summed E-state index contributed by atoms with van der Waals surface area (Å²) in [6.45, 7) is 2.05. The average molecular weight is 423 g/mol. The second-order valence-electron chi connectivity index (χ2n) is 6.51. The topological polar surface area (TPSA) is 16.1 Å². The summed E-state index contributed by atoms with van der Waals surface area (Å²) in [6.07, 6.45) is 2.12. The number of aromatic nitrogens is 1. The van der Waals surface area contributed by atoms with Crippen LogP contribution in [0.1, 0.15) is 11.1 Å². The van der Waals surface area contributed by atoms with Gasteiger partial charge in [-0.15, -0.1) is 11.3 Å². The van der Waals surface area contributed by atoms with Gasteiger partial charge >= 0.3 is 0 Å². The third-order valence-electron chi connectivity index (χ3n) is 4.47. The van der Waals surface area contributed by atoms with Gasteiger partial charge in [-0.3, -0.25) is 0 Å². The Morgan fingerprint density at radius 1 is 0.714 bits per heavy atom. The number of fused-ring (bicyclic) bond motifs is 1. The summed E-state index contributed by atoms with van der Waals surface area (Å²) in [5.74, 6) is 0. The number of nitrogens with zero attached hydrogens (tertiary/aromatic N) is 2. The molecule has 0 radical (unpaired) electrons. The highest BCUT2D eigenvalue weighted by molar-refractivity contribution is 8.76. The first-order valence-corrected chi connectivity index (χ1v) is 12.3. The van der Waals surface area contributed by atoms with Crippen LogP contribution >= 0.6 is 33.1 Å². The van der Waals surface area contributed by atoms with E-state index in [9.17, 15) is 0 Å². The molecular weight excluding hydrogens is 400 g/mol. The number of para-hydroxylation sites is 1. The molecule has 3 aromatic carbocycles. The van der Waals surface area contributed by atoms with Gasteiger partial charge < -0.3 is 0 Å². The Morgan fingerprint density at radius 3 is 1.89 bits per heavy atom. The van der Waals surface area contributed by atoms with E-state index < -0.39 is 0 Å². The van der Waals surface area contributed by atoms with E-state index in [4.69, 9.17) is 4.98 Å². The Balaban J connectivity index is 1.38. The number of thiazole rings is 1. The van der Waals surface area contributed by atoms with Crippen molar-refractivity contribution in [3.05, 3.63) is 96.1 Å². The second-order valence-corrected chi connectivity index (χ2v) is 9.96. The molecule has 2 nitrogen and oxygen atoms in total. The Morgan fingerprint density at radius 2 is 1.29 bits per heavy atom. The second kappa shape index (κ2) is 10.1. The first-order chi connectivity index (χ1) is 13.9. The summed E-state index contributed by atoms with van der Waals surface area (Å²) in [5, 5.41) is 0. The minimum Gasteiger partial charge on any atom is -0.240 e. The van der Waals surface area contributed by atoms with Crippen molar-refractivity contribution in [1.82, 2.24) is 9.29 Å². The van der Waals surface area contributed by atoms with Crippen molar-refractivity contribution in [2.24, 2.45) is 0 Å². The Bertz CT molecular complexity index is 910. The molecule has 142 valence electrons. The summed E-state index contributed by atoms with van der Waals surface area (Å²) < 4.78 is 4.85. The lowest BCUT2D eigenvalue weighted by Crippen LogP contribution is -2.20. The van der Waals surface area contributed by atoms with Gasteiger partial charge in [0.2, 0.25) is 0 Å². The van der Waals surface area contributed by atoms with Crippen molar-refractivity contribution in [3.8, 4) is 0 Å². The van der Waals surface area contributed by atoms with E-state index in [0.29, 0.717) is 0 Å². The van der Waals surface area contributed by atoms with Crippen molar-refractivity contribution < 1.29 is 0 Å². The van der Waals surface area contributed by atoms with E-state index in [2.05, 4.69) is 89.2 Å². The van der Waals surface area contributed by atoms with Gasteiger partial charge in [0.25, 0.3) is 0 Å². The van der Waals surface area contributed by atoms with Crippen LogP contribution in [0.15, 0.2) is 89.3 Å². The molecule has 0 bridgehead atoms. The standard InChI is InChI=1S/C23H22N2S3/c1-3-9-19(10-4-1)15-17-25(18-16-20-11-5-2-6-12-20)28-27-23-24-21-13-7-8-14-22(21)26-23/h1-14H,15-18H2. The molecule has 0 aliphatic rings. The third-order valence-corrected chi connectivity index (χ3v) is 8.34. The molecule has 0 aliphatic carbocycles. The molecule has 0 amide bonds. The molecule has 0 N–H and O–H groups in total. The van der Waals surface area contributed by atoms with E-state index in [0.717, 1.165) is 35.8 Å². The molecule has 0 spiro atoms. The molecule has 5 heteroatoms. The highest BCUT2D eigenvalue weighted by Gasteiger charge is 2.11. The highest BCUT2D eigenvalue weighted by Crippen LogP contribution is 2.38. The van der Waals surface area contributed by atoms with Gasteiger partial charge in [-0.05, 0) is 57.9 Å². The molecule has 1 heterocycles. The van der Waals surface area contributed by atoms with Gasteiger partial charge in [0, 0.05) is 13.1 Å². The van der Waals surface area contributed by atoms with E-state index in [-0.39, 0.29) is 0 Å². The highest BCUT2D eigenvalue weighted by atomic mass is 33.1. The average Bonchev–Trinajstić information content (AvgIpc) is 3.18. The monoisotopic (exact) mass is 422 g/mol. The van der Waals surface area contributed by atoms with Crippen molar-refractivity contribution >= 4 is 43.3 Å². The van der Waals surface area contributed by atoms with E-state index >= 15 is 0 Å². The van der Waals surface area contributed by atoms with E-state index in [1.54, 1.807) is 22.1 Å². The zero-order chi connectivity index (χ0) is 19.0. The zero-order valence-corrected chi connectivity index (χ0v) is 18.0. The minimum atomic E-state index is 1.03. The van der Waals surface area contributed by atoms with Crippen LogP contribution in [-0.4, -0.2) is 22.4 Å². The van der Waals surface area contributed by atoms with Gasteiger partial charge in [0.05, 0.1) is 10.2 Å². The van der Waals surface area contributed by atoms with Crippen molar-refractivity contribution in [3.63, 3.8) is 0 Å². The summed E-state index contributed by atoms with van der Waals surface area (Å²) in [7, 11) is 3.60. The fourth-order valence-corrected chi connectivity index (χ4v) is 6.34. The normalized spacial score (nSPS) is 11.3. The maximum Gasteiger partial charge on any atom is 0.162 e. The van der Waals surface area contributed by atoms with E-state index in [1.165, 1.54) is 15.8 Å². The lowest BCUT2D eigenvalue weighted by molar-refractivity contribution is 0.483. The van der Waals surface area contributed by atoms with Crippen molar-refractivity contribution in [2.45, 2.75) is 17.2 Å². The lowest BCUT2D eigenvalue weighted by atomic mass is 10.1. The molecule has 0 saturated heterocycles. The molecule has 4 rings (SSSR count). The fraction of sp³-hybridized carbons (Fsp3) is 0.174. The molecule has 0 unspecified atom stereocenters. The van der Waals surface area contributed by atoms with Gasteiger partial charge in [0.1, 0.15) is 0 Å². The summed E-state index contributed by atoms with van der Waals surface area (Å²) in [6, 6.07) is 29.8. The van der Waals surface area contributed by atoms with Crippen LogP contribution in [0.4, 0.5) is 0 Å². The Hall–Kier alpha value is -1.79. The zero-order valence-electron chi connectivity index (χ0n) is 15.5. The molecule has 1 aromatic heterocycles. The van der Waals surface area contributed by atoms with Gasteiger partial charge in [-0.2, -0.15) is 0 Å². The number of hydrogen-bond donors (Lipinski definition) is 0. The molecule has 0 fully saturated rings. The largest absolute Gasteiger partial charge is 0.240 e. The van der Waals surface area contributed by atoms with Crippen LogP contribution in [0.5, 0.6) is 0 Å². The first kappa shape index (κ1) is 19.5. The summed E-state index contributed by atoms with van der Waals surface area (Å²) in [4.78, 5) is 4.76. The van der Waals surface area contributed by atoms with Crippen LogP contribution in [0.3, 0.4) is 0 Å². The van der Waals surface area contributed by atoms with Crippen LogP contribution in [0.25, 0.3) is 10.2 Å². The van der Waals surface area contributed by atoms with Crippen molar-refractivity contribution in [2.75, 3.05) is 13.1 Å². The molecule has 28 heavy (non-hydrogen) atoms. The summed E-state index contributed by atoms with van der Waals surface area (Å²) >= 11 is 1.77. The predicted octanol–water partition coefficient (Wildman–Crippen LogP) is 6.74. The molecular formula is C23H22N2S3. The van der Waals surface area contributed by atoms with E-state index in [1.807, 2.05) is 11.0 Å². The maximum absolute atomic E-state index is 4.76. The quantitative estimate of drug-likeness (QED) is 0.219. The molecule has 0 atom stereocenters. The first-order valence-electron chi connectivity index (χ1n) is 9.40. The fourth-order valence-electron chi connectivity index (χ4n) is 2.95. The summed E-state index contributed by atoms with van der Waals surface area (Å²) in [5.41, 5.74) is 3.87. The maximum atomic E-state index is 4.76. The van der Waals surface area contributed by atoms with Crippen LogP contribution < -0.4 is 0 Å². The SMILES string of the molecule is c1ccc(CCN(CCc2ccccc2)SSc2nc3ccccc3s2)cc1. The molecule has 0 saturated carbocycles. The third kappa shape index (κ3) is 5.61. The van der Waals surface area contributed by atoms with Gasteiger partial charge in [-0.1, -0.05) is 72.8 Å². The predicted molar refractivity (Wildman–Crippen MR) is 125 cm³/mol. The number of rotatable bonds is 9. The lowest BCUT2D eigenvalue weighted by Gasteiger charge is -2.20.